The summed E-state index contributed by atoms with van der Waals surface area (Å²) in [6.07, 6.45) is 7.70. The van der Waals surface area contributed by atoms with E-state index in [1.807, 2.05) is 16.9 Å². The maximum absolute atomic E-state index is 13.6. The van der Waals surface area contributed by atoms with Crippen molar-refractivity contribution in [3.63, 3.8) is 0 Å². The third-order valence-electron chi connectivity index (χ3n) is 6.20. The zero-order valence-electron chi connectivity index (χ0n) is 16.4. The molecular formula is C19H33Cl2N5O2. The van der Waals surface area contributed by atoms with E-state index in [1.165, 1.54) is 6.42 Å². The van der Waals surface area contributed by atoms with Gasteiger partial charge in [0.1, 0.15) is 5.54 Å². The van der Waals surface area contributed by atoms with Gasteiger partial charge in [-0.15, -0.1) is 24.8 Å². The van der Waals surface area contributed by atoms with Gasteiger partial charge in [-0.3, -0.25) is 14.4 Å². The van der Waals surface area contributed by atoms with E-state index in [2.05, 4.69) is 20.2 Å². The summed E-state index contributed by atoms with van der Waals surface area (Å²) < 4.78 is 7.38. The molecule has 1 aromatic rings. The standard InChI is InChI=1S/C19H31N5O2.2ClH/c25-18(19(4-7-20-8-5-19)24-10-2-6-21-24)23-9-1-3-17(16-23)15-22-11-13-26-14-12-22;;/h2,6,10,17,20H,1,3-5,7-9,11-16H2;2*1H. The van der Waals surface area contributed by atoms with Crippen LogP contribution in [0, 0.1) is 5.92 Å². The lowest BCUT2D eigenvalue weighted by molar-refractivity contribution is -0.145. The van der Waals surface area contributed by atoms with E-state index in [9.17, 15) is 4.79 Å². The molecular weight excluding hydrogens is 401 g/mol. The molecule has 3 saturated heterocycles. The number of aromatic nitrogens is 2. The Balaban J connectivity index is 0.00000140. The molecule has 7 nitrogen and oxygen atoms in total. The lowest BCUT2D eigenvalue weighted by Gasteiger charge is -2.43. The van der Waals surface area contributed by atoms with E-state index in [1.54, 1.807) is 6.20 Å². The van der Waals surface area contributed by atoms with Crippen molar-refractivity contribution >= 4 is 30.7 Å². The number of nitrogens with one attached hydrogen (secondary N) is 1. The Labute approximate surface area is 180 Å². The Morgan fingerprint density at radius 2 is 1.93 bits per heavy atom. The van der Waals surface area contributed by atoms with Crippen LogP contribution < -0.4 is 5.32 Å². The predicted molar refractivity (Wildman–Crippen MR) is 113 cm³/mol. The molecule has 3 aliphatic heterocycles. The molecule has 0 saturated carbocycles. The van der Waals surface area contributed by atoms with E-state index < -0.39 is 5.54 Å². The van der Waals surface area contributed by atoms with Crippen LogP contribution >= 0.6 is 24.8 Å². The first-order valence-corrected chi connectivity index (χ1v) is 10.1. The molecule has 28 heavy (non-hydrogen) atoms. The Morgan fingerprint density at radius 1 is 1.18 bits per heavy atom. The lowest BCUT2D eigenvalue weighted by Crippen LogP contribution is -2.58. The summed E-state index contributed by atoms with van der Waals surface area (Å²) in [6, 6.07) is 1.93. The monoisotopic (exact) mass is 433 g/mol. The van der Waals surface area contributed by atoms with Gasteiger partial charge in [0, 0.05) is 45.1 Å². The van der Waals surface area contributed by atoms with E-state index in [-0.39, 0.29) is 30.7 Å². The molecule has 3 aliphatic rings. The highest BCUT2D eigenvalue weighted by Crippen LogP contribution is 2.31. The van der Waals surface area contributed by atoms with Gasteiger partial charge in [-0.2, -0.15) is 5.10 Å². The molecule has 4 heterocycles. The van der Waals surface area contributed by atoms with Gasteiger partial charge >= 0.3 is 0 Å². The molecule has 9 heteroatoms. The first kappa shape index (κ1) is 23.4. The maximum Gasteiger partial charge on any atom is 0.250 e. The average molecular weight is 434 g/mol. The quantitative estimate of drug-likeness (QED) is 0.776. The molecule has 4 rings (SSSR count). The molecule has 0 aliphatic carbocycles. The van der Waals surface area contributed by atoms with Gasteiger partial charge < -0.3 is 15.0 Å². The van der Waals surface area contributed by atoms with Crippen LogP contribution in [-0.2, 0) is 15.1 Å². The Morgan fingerprint density at radius 3 is 2.61 bits per heavy atom. The molecule has 1 N–H and O–H groups in total. The van der Waals surface area contributed by atoms with Crippen LogP contribution in [0.5, 0.6) is 0 Å². The second kappa shape index (κ2) is 10.8. The smallest absolute Gasteiger partial charge is 0.250 e. The first-order valence-electron chi connectivity index (χ1n) is 10.1. The van der Waals surface area contributed by atoms with Crippen molar-refractivity contribution in [2.75, 3.05) is 59.0 Å². The van der Waals surface area contributed by atoms with Crippen LogP contribution in [-0.4, -0.2) is 84.5 Å². The minimum Gasteiger partial charge on any atom is -0.379 e. The number of rotatable bonds is 4. The molecule has 1 amide bonds. The van der Waals surface area contributed by atoms with Gasteiger partial charge in [0.2, 0.25) is 0 Å². The third kappa shape index (κ3) is 5.00. The van der Waals surface area contributed by atoms with Crippen LogP contribution in [0.25, 0.3) is 0 Å². The number of piperidine rings is 2. The molecule has 0 bridgehead atoms. The second-order valence-electron chi connectivity index (χ2n) is 7.90. The van der Waals surface area contributed by atoms with E-state index in [4.69, 9.17) is 4.74 Å². The highest BCUT2D eigenvalue weighted by molar-refractivity contribution is 5.86. The molecule has 0 aromatic carbocycles. The number of morpholine rings is 1. The number of amides is 1. The van der Waals surface area contributed by atoms with Gasteiger partial charge in [0.15, 0.2) is 0 Å². The number of likely N-dealkylation sites (tertiary alicyclic amines) is 1. The number of hydrogen-bond donors (Lipinski definition) is 1. The number of ether oxygens (including phenoxy) is 1. The van der Waals surface area contributed by atoms with Crippen molar-refractivity contribution in [1.29, 1.82) is 0 Å². The summed E-state index contributed by atoms with van der Waals surface area (Å²) in [7, 11) is 0. The van der Waals surface area contributed by atoms with Crippen LogP contribution in [0.15, 0.2) is 18.5 Å². The number of carbonyl (C=O) groups excluding carboxylic acids is 1. The van der Waals surface area contributed by atoms with Gasteiger partial charge in [-0.1, -0.05) is 0 Å². The van der Waals surface area contributed by atoms with Crippen molar-refractivity contribution < 1.29 is 9.53 Å². The lowest BCUT2D eigenvalue weighted by atomic mass is 9.85. The first-order chi connectivity index (χ1) is 12.8. The number of hydrogen-bond acceptors (Lipinski definition) is 5. The van der Waals surface area contributed by atoms with Crippen LogP contribution in [0.3, 0.4) is 0 Å². The van der Waals surface area contributed by atoms with Crippen molar-refractivity contribution in [2.24, 2.45) is 5.92 Å². The van der Waals surface area contributed by atoms with E-state index in [0.717, 1.165) is 78.3 Å². The summed E-state index contributed by atoms with van der Waals surface area (Å²) in [6.45, 7) is 8.31. The summed E-state index contributed by atoms with van der Waals surface area (Å²) in [5, 5.41) is 7.85. The second-order valence-corrected chi connectivity index (χ2v) is 7.90. The minimum atomic E-state index is -0.504. The number of nitrogens with zero attached hydrogens (tertiary/aromatic N) is 4. The zero-order chi connectivity index (χ0) is 17.8. The fourth-order valence-electron chi connectivity index (χ4n) is 4.75. The molecule has 3 fully saturated rings. The van der Waals surface area contributed by atoms with Crippen molar-refractivity contribution in [2.45, 2.75) is 31.2 Å². The highest BCUT2D eigenvalue weighted by atomic mass is 35.5. The van der Waals surface area contributed by atoms with Gasteiger partial charge in [-0.05, 0) is 50.8 Å². The van der Waals surface area contributed by atoms with Crippen molar-refractivity contribution in [3.8, 4) is 0 Å². The number of carbonyl (C=O) groups is 1. The largest absolute Gasteiger partial charge is 0.379 e. The summed E-state index contributed by atoms with van der Waals surface area (Å²) >= 11 is 0. The zero-order valence-corrected chi connectivity index (χ0v) is 18.1. The summed E-state index contributed by atoms with van der Waals surface area (Å²) in [5.41, 5.74) is -0.504. The third-order valence-corrected chi connectivity index (χ3v) is 6.20. The average Bonchev–Trinajstić information content (AvgIpc) is 3.24. The van der Waals surface area contributed by atoms with Gasteiger partial charge in [-0.25, -0.2) is 0 Å². The SMILES string of the molecule is Cl.Cl.O=C(N1CCCC(CN2CCOCC2)C1)C1(n2cccn2)CCNCC1. The van der Waals surface area contributed by atoms with Gasteiger partial charge in [0.05, 0.1) is 13.2 Å². The molecule has 0 radical (unpaired) electrons. The van der Waals surface area contributed by atoms with Crippen LogP contribution in [0.1, 0.15) is 25.7 Å². The molecule has 160 valence electrons. The normalized spacial score (nSPS) is 25.4. The molecule has 1 atom stereocenters. The fourth-order valence-corrected chi connectivity index (χ4v) is 4.75. The molecule has 1 unspecified atom stereocenters. The van der Waals surface area contributed by atoms with E-state index in [0.29, 0.717) is 5.92 Å². The Bertz CT molecular complexity index is 589. The highest BCUT2D eigenvalue weighted by Gasteiger charge is 2.45. The Kier molecular flexibility index (Phi) is 9.02. The predicted octanol–water partition coefficient (Wildman–Crippen LogP) is 1.38. The van der Waals surface area contributed by atoms with E-state index >= 15 is 0 Å². The topological polar surface area (TPSA) is 62.6 Å². The van der Waals surface area contributed by atoms with Crippen LogP contribution in [0.2, 0.25) is 0 Å². The molecule has 1 aromatic heterocycles. The van der Waals surface area contributed by atoms with Crippen molar-refractivity contribution in [1.82, 2.24) is 24.9 Å². The maximum atomic E-state index is 13.6. The Hall–Kier alpha value is -0.860. The number of halogens is 2. The summed E-state index contributed by atoms with van der Waals surface area (Å²) in [4.78, 5) is 18.2. The minimum absolute atomic E-state index is 0. The molecule has 0 spiro atoms. The van der Waals surface area contributed by atoms with Crippen LogP contribution in [0.4, 0.5) is 0 Å². The van der Waals surface area contributed by atoms with Gasteiger partial charge in [0.25, 0.3) is 5.91 Å². The fraction of sp³-hybridized carbons (Fsp3) is 0.789. The van der Waals surface area contributed by atoms with Crippen molar-refractivity contribution in [3.05, 3.63) is 18.5 Å². The summed E-state index contributed by atoms with van der Waals surface area (Å²) in [5.74, 6) is 0.844.